The topological polar surface area (TPSA) is 68.7 Å². The van der Waals surface area contributed by atoms with Crippen LogP contribution in [-0.2, 0) is 14.3 Å². The Bertz CT molecular complexity index is 857. The molecular weight excluding hydrogens is 380 g/mol. The third-order valence-electron chi connectivity index (χ3n) is 4.91. The molecule has 0 N–H and O–H groups in total. The molecule has 150 valence electrons. The highest BCUT2D eigenvalue weighted by molar-refractivity contribution is 6.35. The number of fused-ring (bicyclic) bond motifs is 1. The third-order valence-corrected chi connectivity index (χ3v) is 5.24. The number of esters is 1. The number of ether oxygens (including phenoxy) is 2. The number of hydrogen-bond acceptors (Lipinski definition) is 5. The molecule has 1 aliphatic rings. The van der Waals surface area contributed by atoms with Crippen LogP contribution in [0.1, 0.15) is 33.1 Å². The first-order chi connectivity index (χ1) is 13.5. The molecule has 0 bridgehead atoms. The molecule has 3 rings (SSSR count). The van der Waals surface area contributed by atoms with Crippen molar-refractivity contribution in [1.82, 2.24) is 9.88 Å². The minimum absolute atomic E-state index is 0.0762. The van der Waals surface area contributed by atoms with Gasteiger partial charge in [-0.2, -0.15) is 0 Å². The number of carbonyl (C=O) groups excluding carboxylic acids is 2. The number of halogens is 1. The predicted octanol–water partition coefficient (Wildman–Crippen LogP) is 3.85. The highest BCUT2D eigenvalue weighted by Gasteiger charge is 2.29. The Balaban J connectivity index is 1.61. The van der Waals surface area contributed by atoms with Crippen molar-refractivity contribution in [2.24, 2.45) is 5.92 Å². The van der Waals surface area contributed by atoms with Crippen LogP contribution in [0, 0.1) is 5.92 Å². The number of nitrogens with zero attached hydrogens (tertiary/aromatic N) is 2. The molecule has 2 unspecified atom stereocenters. The molecule has 1 amide bonds. The summed E-state index contributed by atoms with van der Waals surface area (Å²) in [7, 11) is 0. The maximum absolute atomic E-state index is 12.8. The van der Waals surface area contributed by atoms with E-state index in [1.807, 2.05) is 6.07 Å². The van der Waals surface area contributed by atoms with E-state index in [4.69, 9.17) is 21.1 Å². The van der Waals surface area contributed by atoms with Crippen LogP contribution in [0.2, 0.25) is 5.02 Å². The number of pyridine rings is 1. The number of hydrogen-bond donors (Lipinski definition) is 0. The number of rotatable bonds is 6. The summed E-state index contributed by atoms with van der Waals surface area (Å²) in [4.78, 5) is 30.6. The van der Waals surface area contributed by atoms with Crippen molar-refractivity contribution in [2.75, 3.05) is 19.7 Å². The van der Waals surface area contributed by atoms with Crippen molar-refractivity contribution in [3.05, 3.63) is 35.5 Å². The van der Waals surface area contributed by atoms with Gasteiger partial charge >= 0.3 is 5.97 Å². The van der Waals surface area contributed by atoms with Gasteiger partial charge in [-0.3, -0.25) is 14.6 Å². The second-order valence-electron chi connectivity index (χ2n) is 7.03. The van der Waals surface area contributed by atoms with Gasteiger partial charge in [0, 0.05) is 30.7 Å². The normalized spacial score (nSPS) is 18.0. The van der Waals surface area contributed by atoms with E-state index in [1.165, 1.54) is 0 Å². The van der Waals surface area contributed by atoms with Gasteiger partial charge in [0.25, 0.3) is 5.91 Å². The first-order valence-corrected chi connectivity index (χ1v) is 10.0. The van der Waals surface area contributed by atoms with E-state index in [9.17, 15) is 9.59 Å². The molecule has 2 aromatic rings. The molecule has 7 heteroatoms. The Morgan fingerprint density at radius 3 is 2.96 bits per heavy atom. The summed E-state index contributed by atoms with van der Waals surface area (Å²) in [6.45, 7) is 5.16. The van der Waals surface area contributed by atoms with Gasteiger partial charge in [-0.1, -0.05) is 11.6 Å². The average Bonchev–Trinajstić information content (AvgIpc) is 2.68. The van der Waals surface area contributed by atoms with E-state index in [-0.39, 0.29) is 17.8 Å². The van der Waals surface area contributed by atoms with Crippen LogP contribution in [0.15, 0.2) is 30.5 Å². The Morgan fingerprint density at radius 1 is 1.36 bits per heavy atom. The first-order valence-electron chi connectivity index (χ1n) is 9.63. The fourth-order valence-corrected chi connectivity index (χ4v) is 3.78. The van der Waals surface area contributed by atoms with Gasteiger partial charge in [-0.05, 0) is 50.8 Å². The summed E-state index contributed by atoms with van der Waals surface area (Å²) in [6.07, 6.45) is 3.17. The maximum atomic E-state index is 12.8. The lowest BCUT2D eigenvalue weighted by Gasteiger charge is -2.34. The lowest BCUT2D eigenvalue weighted by atomic mass is 9.94. The van der Waals surface area contributed by atoms with E-state index < -0.39 is 6.10 Å². The highest BCUT2D eigenvalue weighted by Crippen LogP contribution is 2.26. The van der Waals surface area contributed by atoms with E-state index in [1.54, 1.807) is 43.1 Å². The van der Waals surface area contributed by atoms with Crippen molar-refractivity contribution in [2.45, 2.75) is 39.2 Å². The van der Waals surface area contributed by atoms with Crippen molar-refractivity contribution in [3.63, 3.8) is 0 Å². The molecule has 1 aromatic heterocycles. The molecule has 1 fully saturated rings. The average molecular weight is 405 g/mol. The van der Waals surface area contributed by atoms with Crippen molar-refractivity contribution < 1.29 is 19.1 Å². The fraction of sp³-hybridized carbons (Fsp3) is 0.476. The van der Waals surface area contributed by atoms with E-state index in [2.05, 4.69) is 4.98 Å². The minimum atomic E-state index is -0.627. The molecule has 2 heterocycles. The van der Waals surface area contributed by atoms with Crippen molar-refractivity contribution in [1.29, 1.82) is 0 Å². The van der Waals surface area contributed by atoms with Gasteiger partial charge in [0.15, 0.2) is 6.10 Å². The molecule has 1 saturated heterocycles. The molecule has 6 nitrogen and oxygen atoms in total. The zero-order valence-electron chi connectivity index (χ0n) is 16.2. The smallest absolute Gasteiger partial charge is 0.306 e. The van der Waals surface area contributed by atoms with Gasteiger partial charge < -0.3 is 14.4 Å². The van der Waals surface area contributed by atoms with Crippen LogP contribution in [0.5, 0.6) is 5.75 Å². The van der Waals surface area contributed by atoms with Gasteiger partial charge in [0.05, 0.1) is 23.6 Å². The predicted molar refractivity (Wildman–Crippen MR) is 107 cm³/mol. The van der Waals surface area contributed by atoms with Gasteiger partial charge in [-0.15, -0.1) is 0 Å². The Kier molecular flexibility index (Phi) is 6.73. The largest absolute Gasteiger partial charge is 0.481 e. The fourth-order valence-electron chi connectivity index (χ4n) is 3.57. The number of aromatic nitrogens is 1. The van der Waals surface area contributed by atoms with Crippen LogP contribution < -0.4 is 4.74 Å². The third kappa shape index (κ3) is 4.93. The van der Waals surface area contributed by atoms with Crippen LogP contribution in [0.25, 0.3) is 10.9 Å². The Labute approximate surface area is 169 Å². The minimum Gasteiger partial charge on any atom is -0.481 e. The quantitative estimate of drug-likeness (QED) is 0.684. The summed E-state index contributed by atoms with van der Waals surface area (Å²) >= 11 is 6.16. The lowest BCUT2D eigenvalue weighted by molar-refractivity contribution is -0.147. The molecule has 28 heavy (non-hydrogen) atoms. The van der Waals surface area contributed by atoms with Crippen molar-refractivity contribution in [3.8, 4) is 5.75 Å². The maximum Gasteiger partial charge on any atom is 0.306 e. The van der Waals surface area contributed by atoms with Crippen LogP contribution in [0.3, 0.4) is 0 Å². The number of likely N-dealkylation sites (tertiary alicyclic amines) is 1. The zero-order valence-corrected chi connectivity index (χ0v) is 16.9. The van der Waals surface area contributed by atoms with E-state index in [0.29, 0.717) is 36.9 Å². The summed E-state index contributed by atoms with van der Waals surface area (Å²) in [5.41, 5.74) is 0.720. The summed E-state index contributed by atoms with van der Waals surface area (Å²) in [6, 6.07) is 7.15. The standard InChI is InChI=1S/C21H25ClN2O4/c1-3-27-20(25)11-15-5-4-10-24(13-15)21(26)14(2)28-16-6-7-17-18(22)8-9-23-19(17)12-16/h6-9,12,14-15H,3-5,10-11,13H2,1-2H3. The van der Waals surface area contributed by atoms with Gasteiger partial charge in [0.1, 0.15) is 5.75 Å². The summed E-state index contributed by atoms with van der Waals surface area (Å²) < 4.78 is 10.9. The summed E-state index contributed by atoms with van der Waals surface area (Å²) in [5.74, 6) is 0.431. The lowest BCUT2D eigenvalue weighted by Crippen LogP contribution is -2.46. The monoisotopic (exact) mass is 404 g/mol. The van der Waals surface area contributed by atoms with Crippen LogP contribution in [-0.4, -0.2) is 47.6 Å². The van der Waals surface area contributed by atoms with Gasteiger partial charge in [0.2, 0.25) is 0 Å². The van der Waals surface area contributed by atoms with Crippen LogP contribution >= 0.6 is 11.6 Å². The molecule has 0 spiro atoms. The second-order valence-corrected chi connectivity index (χ2v) is 7.44. The Hall–Kier alpha value is -2.34. The van der Waals surface area contributed by atoms with E-state index in [0.717, 1.165) is 23.7 Å². The number of piperidine rings is 1. The molecular formula is C21H25ClN2O4. The number of amides is 1. The number of carbonyl (C=O) groups is 2. The highest BCUT2D eigenvalue weighted by atomic mass is 35.5. The van der Waals surface area contributed by atoms with Gasteiger partial charge in [-0.25, -0.2) is 0 Å². The SMILES string of the molecule is CCOC(=O)CC1CCCN(C(=O)C(C)Oc2ccc3c(Cl)ccnc3c2)C1. The molecule has 2 atom stereocenters. The first kappa shape index (κ1) is 20.4. The second kappa shape index (κ2) is 9.24. The van der Waals surface area contributed by atoms with E-state index >= 15 is 0 Å². The Morgan fingerprint density at radius 2 is 2.18 bits per heavy atom. The van der Waals surface area contributed by atoms with Crippen LogP contribution in [0.4, 0.5) is 0 Å². The number of benzene rings is 1. The molecule has 0 radical (unpaired) electrons. The molecule has 0 saturated carbocycles. The molecule has 1 aliphatic heterocycles. The van der Waals surface area contributed by atoms with Crippen molar-refractivity contribution >= 4 is 34.4 Å². The summed E-state index contributed by atoms with van der Waals surface area (Å²) in [5, 5.41) is 1.47. The zero-order chi connectivity index (χ0) is 20.1. The molecule has 1 aromatic carbocycles. The molecule has 0 aliphatic carbocycles.